The first-order chi connectivity index (χ1) is 8.56. The lowest BCUT2D eigenvalue weighted by Gasteiger charge is -2.09. The Morgan fingerprint density at radius 1 is 1.28 bits per heavy atom. The predicted octanol–water partition coefficient (Wildman–Crippen LogP) is 3.34. The molecule has 0 bridgehead atoms. The second-order valence-corrected chi connectivity index (χ2v) is 4.24. The third kappa shape index (κ3) is 2.84. The number of rotatable bonds is 3. The molecule has 2 rings (SSSR count). The Morgan fingerprint density at radius 2 is 2.06 bits per heavy atom. The molecule has 18 heavy (non-hydrogen) atoms. The third-order valence-corrected chi connectivity index (χ3v) is 2.54. The van der Waals surface area contributed by atoms with Crippen LogP contribution in [-0.4, -0.2) is 4.98 Å². The van der Waals surface area contributed by atoms with Crippen LogP contribution in [0.1, 0.15) is 24.2 Å². The van der Waals surface area contributed by atoms with Crippen LogP contribution >= 0.6 is 0 Å². The van der Waals surface area contributed by atoms with Gasteiger partial charge >= 0.3 is 0 Å². The van der Waals surface area contributed by atoms with E-state index in [4.69, 9.17) is 10.5 Å². The standard InChI is InChI=1S/C14H15FN2O/c1-9-3-5-12(15)14(7-9)18-11-4-6-13(10(2)16)17-8-11/h3-8,10H,16H2,1-2H3/t10-/m1/s1. The van der Waals surface area contributed by atoms with Gasteiger partial charge in [0, 0.05) is 6.04 Å². The van der Waals surface area contributed by atoms with Crippen molar-refractivity contribution in [2.24, 2.45) is 5.73 Å². The van der Waals surface area contributed by atoms with E-state index in [0.29, 0.717) is 5.75 Å². The summed E-state index contributed by atoms with van der Waals surface area (Å²) in [4.78, 5) is 4.15. The van der Waals surface area contributed by atoms with E-state index in [1.807, 2.05) is 13.8 Å². The minimum absolute atomic E-state index is 0.130. The Kier molecular flexibility index (Phi) is 3.58. The maximum Gasteiger partial charge on any atom is 0.165 e. The van der Waals surface area contributed by atoms with E-state index < -0.39 is 5.82 Å². The predicted molar refractivity (Wildman–Crippen MR) is 68.1 cm³/mol. The second-order valence-electron chi connectivity index (χ2n) is 4.24. The van der Waals surface area contributed by atoms with Crippen LogP contribution in [0.2, 0.25) is 0 Å². The highest BCUT2D eigenvalue weighted by Gasteiger charge is 2.06. The van der Waals surface area contributed by atoms with Crippen molar-refractivity contribution in [1.29, 1.82) is 0 Å². The molecule has 0 spiro atoms. The van der Waals surface area contributed by atoms with Crippen molar-refractivity contribution < 1.29 is 9.13 Å². The topological polar surface area (TPSA) is 48.1 Å². The molecule has 2 aromatic rings. The number of pyridine rings is 1. The molecule has 94 valence electrons. The lowest BCUT2D eigenvalue weighted by atomic mass is 10.2. The number of hydrogen-bond donors (Lipinski definition) is 1. The van der Waals surface area contributed by atoms with Gasteiger partial charge in [0.1, 0.15) is 5.75 Å². The molecule has 1 aromatic heterocycles. The van der Waals surface area contributed by atoms with Gasteiger partial charge in [0.15, 0.2) is 11.6 Å². The summed E-state index contributed by atoms with van der Waals surface area (Å²) in [6, 6.07) is 8.10. The Balaban J connectivity index is 2.21. The zero-order chi connectivity index (χ0) is 13.1. The van der Waals surface area contributed by atoms with Crippen molar-refractivity contribution in [3.63, 3.8) is 0 Å². The van der Waals surface area contributed by atoms with Crippen LogP contribution in [0.25, 0.3) is 0 Å². The Hall–Kier alpha value is -1.94. The van der Waals surface area contributed by atoms with Gasteiger partial charge in [-0.15, -0.1) is 0 Å². The molecule has 1 atom stereocenters. The normalized spacial score (nSPS) is 12.2. The Bertz CT molecular complexity index is 538. The minimum Gasteiger partial charge on any atom is -0.453 e. The zero-order valence-electron chi connectivity index (χ0n) is 10.4. The molecule has 3 nitrogen and oxygen atoms in total. The fourth-order valence-corrected chi connectivity index (χ4v) is 1.54. The maximum atomic E-state index is 13.5. The first kappa shape index (κ1) is 12.5. The molecule has 0 saturated carbocycles. The van der Waals surface area contributed by atoms with Crippen LogP contribution in [0, 0.1) is 12.7 Å². The molecule has 0 aliphatic rings. The number of nitrogens with zero attached hydrogens (tertiary/aromatic N) is 1. The molecule has 1 heterocycles. The second kappa shape index (κ2) is 5.14. The maximum absolute atomic E-state index is 13.5. The van der Waals surface area contributed by atoms with E-state index in [9.17, 15) is 4.39 Å². The largest absolute Gasteiger partial charge is 0.453 e. The van der Waals surface area contributed by atoms with Crippen molar-refractivity contribution in [2.75, 3.05) is 0 Å². The highest BCUT2D eigenvalue weighted by Crippen LogP contribution is 2.25. The van der Waals surface area contributed by atoms with Gasteiger partial charge in [0.05, 0.1) is 11.9 Å². The molecule has 0 saturated heterocycles. The minimum atomic E-state index is -0.392. The highest BCUT2D eigenvalue weighted by atomic mass is 19.1. The first-order valence-corrected chi connectivity index (χ1v) is 5.72. The fraction of sp³-hybridized carbons (Fsp3) is 0.214. The first-order valence-electron chi connectivity index (χ1n) is 5.72. The molecular weight excluding hydrogens is 231 g/mol. The molecule has 0 radical (unpaired) electrons. The third-order valence-electron chi connectivity index (χ3n) is 2.54. The van der Waals surface area contributed by atoms with Gasteiger partial charge < -0.3 is 10.5 Å². The number of benzene rings is 1. The number of halogens is 1. The van der Waals surface area contributed by atoms with Crippen LogP contribution < -0.4 is 10.5 Å². The van der Waals surface area contributed by atoms with Gasteiger partial charge in [0.25, 0.3) is 0 Å². The Labute approximate surface area is 105 Å². The number of aromatic nitrogens is 1. The van der Waals surface area contributed by atoms with Gasteiger partial charge in [-0.1, -0.05) is 6.07 Å². The molecule has 0 unspecified atom stereocenters. The summed E-state index contributed by atoms with van der Waals surface area (Å²) in [5.74, 6) is 0.297. The van der Waals surface area contributed by atoms with Crippen LogP contribution in [-0.2, 0) is 0 Å². The van der Waals surface area contributed by atoms with E-state index in [1.165, 1.54) is 6.07 Å². The number of aryl methyl sites for hydroxylation is 1. The molecule has 2 N–H and O–H groups in total. The number of hydrogen-bond acceptors (Lipinski definition) is 3. The van der Waals surface area contributed by atoms with Gasteiger partial charge in [-0.3, -0.25) is 4.98 Å². The lowest BCUT2D eigenvalue weighted by molar-refractivity contribution is 0.439. The van der Waals surface area contributed by atoms with E-state index in [2.05, 4.69) is 4.98 Å². The molecular formula is C14H15FN2O. The SMILES string of the molecule is Cc1ccc(F)c(Oc2ccc([C@@H](C)N)nc2)c1. The zero-order valence-corrected chi connectivity index (χ0v) is 10.4. The van der Waals surface area contributed by atoms with Gasteiger partial charge in [-0.05, 0) is 43.7 Å². The average molecular weight is 246 g/mol. The van der Waals surface area contributed by atoms with E-state index in [1.54, 1.807) is 30.5 Å². The fourth-order valence-electron chi connectivity index (χ4n) is 1.54. The van der Waals surface area contributed by atoms with Crippen molar-refractivity contribution in [1.82, 2.24) is 4.98 Å². The van der Waals surface area contributed by atoms with Crippen molar-refractivity contribution in [2.45, 2.75) is 19.9 Å². The van der Waals surface area contributed by atoms with Crippen molar-refractivity contribution in [3.8, 4) is 11.5 Å². The van der Waals surface area contributed by atoms with Gasteiger partial charge in [0.2, 0.25) is 0 Å². The van der Waals surface area contributed by atoms with E-state index in [-0.39, 0.29) is 11.8 Å². The molecule has 0 amide bonds. The van der Waals surface area contributed by atoms with Crippen molar-refractivity contribution in [3.05, 3.63) is 53.6 Å². The smallest absolute Gasteiger partial charge is 0.165 e. The van der Waals surface area contributed by atoms with Gasteiger partial charge in [-0.25, -0.2) is 4.39 Å². The van der Waals surface area contributed by atoms with Crippen molar-refractivity contribution >= 4 is 0 Å². The highest BCUT2D eigenvalue weighted by molar-refractivity contribution is 5.34. The quantitative estimate of drug-likeness (QED) is 0.903. The summed E-state index contributed by atoms with van der Waals surface area (Å²) in [5.41, 5.74) is 7.40. The average Bonchev–Trinajstić information content (AvgIpc) is 2.34. The molecule has 0 aliphatic heterocycles. The molecule has 4 heteroatoms. The summed E-state index contributed by atoms with van der Waals surface area (Å²) >= 11 is 0. The summed E-state index contributed by atoms with van der Waals surface area (Å²) in [7, 11) is 0. The number of nitrogens with two attached hydrogens (primary N) is 1. The van der Waals surface area contributed by atoms with Crippen LogP contribution in [0.5, 0.6) is 11.5 Å². The summed E-state index contributed by atoms with van der Waals surface area (Å²) < 4.78 is 18.9. The molecule has 1 aromatic carbocycles. The van der Waals surface area contributed by atoms with E-state index in [0.717, 1.165) is 11.3 Å². The van der Waals surface area contributed by atoms with Crippen LogP contribution in [0.4, 0.5) is 4.39 Å². The van der Waals surface area contributed by atoms with Crippen LogP contribution in [0.3, 0.4) is 0 Å². The molecule has 0 fully saturated rings. The summed E-state index contributed by atoms with van der Waals surface area (Å²) in [5, 5.41) is 0. The molecule has 0 aliphatic carbocycles. The Morgan fingerprint density at radius 3 is 2.67 bits per heavy atom. The monoisotopic (exact) mass is 246 g/mol. The van der Waals surface area contributed by atoms with Crippen LogP contribution in [0.15, 0.2) is 36.5 Å². The number of ether oxygens (including phenoxy) is 1. The van der Waals surface area contributed by atoms with E-state index >= 15 is 0 Å². The summed E-state index contributed by atoms with van der Waals surface area (Å²) in [6.07, 6.45) is 1.54. The van der Waals surface area contributed by atoms with Gasteiger partial charge in [-0.2, -0.15) is 0 Å². The lowest BCUT2D eigenvalue weighted by Crippen LogP contribution is -2.06. The summed E-state index contributed by atoms with van der Waals surface area (Å²) in [6.45, 7) is 3.73.